The van der Waals surface area contributed by atoms with Crippen LogP contribution in [-0.2, 0) is 29.4 Å². The minimum Gasteiger partial charge on any atom is -0.454 e. The van der Waals surface area contributed by atoms with E-state index >= 15 is 0 Å². The third-order valence-electron chi connectivity index (χ3n) is 5.96. The first kappa shape index (κ1) is 23.9. The third-order valence-corrected chi connectivity index (χ3v) is 5.96. The topological polar surface area (TPSA) is 118 Å². The van der Waals surface area contributed by atoms with E-state index in [1.807, 2.05) is 12.1 Å². The average Bonchev–Trinajstić information content (AvgIpc) is 3.38. The van der Waals surface area contributed by atoms with Crippen LogP contribution in [0, 0.1) is 0 Å². The quantitative estimate of drug-likeness (QED) is 0.387. The van der Waals surface area contributed by atoms with Gasteiger partial charge in [0.05, 0.1) is 17.4 Å². The van der Waals surface area contributed by atoms with Gasteiger partial charge in [-0.25, -0.2) is 4.79 Å². The number of amides is 1. The van der Waals surface area contributed by atoms with E-state index in [2.05, 4.69) is 5.32 Å². The number of benzene rings is 3. The van der Waals surface area contributed by atoms with E-state index in [4.69, 9.17) is 14.2 Å². The van der Waals surface area contributed by atoms with Gasteiger partial charge in [-0.3, -0.25) is 23.5 Å². The van der Waals surface area contributed by atoms with Gasteiger partial charge in [0.1, 0.15) is 0 Å². The number of aromatic nitrogens is 2. The predicted molar refractivity (Wildman–Crippen MR) is 134 cm³/mol. The number of hydrogen-bond donors (Lipinski definition) is 1. The van der Waals surface area contributed by atoms with Crippen LogP contribution in [0.5, 0.6) is 11.5 Å². The molecule has 37 heavy (non-hydrogen) atoms. The summed E-state index contributed by atoms with van der Waals surface area (Å²) in [5, 5.41) is 2.98. The number of esters is 1. The molecule has 0 saturated carbocycles. The van der Waals surface area contributed by atoms with E-state index in [9.17, 15) is 19.2 Å². The third kappa shape index (κ3) is 4.94. The van der Waals surface area contributed by atoms with Crippen LogP contribution in [-0.4, -0.2) is 27.8 Å². The van der Waals surface area contributed by atoms with Gasteiger partial charge in [0.2, 0.25) is 6.79 Å². The van der Waals surface area contributed by atoms with Gasteiger partial charge in [-0.2, -0.15) is 0 Å². The van der Waals surface area contributed by atoms with Crippen molar-refractivity contribution in [2.75, 3.05) is 6.79 Å². The highest BCUT2D eigenvalue weighted by atomic mass is 16.7. The second-order valence-electron chi connectivity index (χ2n) is 8.45. The number of ether oxygens (including phenoxy) is 3. The van der Waals surface area contributed by atoms with Gasteiger partial charge >= 0.3 is 11.7 Å². The van der Waals surface area contributed by atoms with Gasteiger partial charge in [0.15, 0.2) is 18.2 Å². The fraction of sp³-hybridized carbons (Fsp3) is 0.185. The van der Waals surface area contributed by atoms with Crippen molar-refractivity contribution >= 4 is 22.8 Å². The Morgan fingerprint density at radius 1 is 0.919 bits per heavy atom. The summed E-state index contributed by atoms with van der Waals surface area (Å²) >= 11 is 0. The molecule has 0 saturated heterocycles. The standard InChI is InChI=1S/C27H23N3O7/c1-17(31)35-15-30-22-9-8-20(25(32)28-13-19-7-10-23-24(11-19)37-16-36-23)12-21(22)26(33)29(27(30)34)14-18-5-3-2-4-6-18/h2-12H,13-16H2,1H3,(H,28,32). The molecule has 10 heteroatoms. The molecule has 0 fully saturated rings. The second-order valence-corrected chi connectivity index (χ2v) is 8.45. The lowest BCUT2D eigenvalue weighted by molar-refractivity contribution is -0.144. The van der Waals surface area contributed by atoms with Crippen LogP contribution in [0.4, 0.5) is 0 Å². The second kappa shape index (κ2) is 10.0. The molecule has 2 heterocycles. The lowest BCUT2D eigenvalue weighted by Gasteiger charge is -2.15. The Hall–Kier alpha value is -4.86. The van der Waals surface area contributed by atoms with Gasteiger partial charge in [-0.1, -0.05) is 36.4 Å². The van der Waals surface area contributed by atoms with Crippen molar-refractivity contribution < 1.29 is 23.8 Å². The minimum atomic E-state index is -0.623. The molecular weight excluding hydrogens is 478 g/mol. The maximum Gasteiger partial charge on any atom is 0.334 e. The minimum absolute atomic E-state index is 0.0229. The van der Waals surface area contributed by atoms with Gasteiger partial charge in [0, 0.05) is 19.0 Å². The molecule has 1 aromatic heterocycles. The van der Waals surface area contributed by atoms with E-state index < -0.39 is 23.1 Å². The predicted octanol–water partition coefficient (Wildman–Crippen LogP) is 2.39. The maximum absolute atomic E-state index is 13.4. The zero-order valence-corrected chi connectivity index (χ0v) is 19.9. The Kier molecular flexibility index (Phi) is 6.46. The van der Waals surface area contributed by atoms with Crippen LogP contribution in [0.25, 0.3) is 10.9 Å². The van der Waals surface area contributed by atoms with Gasteiger partial charge in [-0.15, -0.1) is 0 Å². The molecule has 4 aromatic rings. The molecule has 0 bridgehead atoms. The van der Waals surface area contributed by atoms with Crippen molar-refractivity contribution in [1.29, 1.82) is 0 Å². The highest BCUT2D eigenvalue weighted by Gasteiger charge is 2.17. The highest BCUT2D eigenvalue weighted by molar-refractivity contribution is 5.97. The number of nitrogens with zero attached hydrogens (tertiary/aromatic N) is 2. The zero-order chi connectivity index (χ0) is 25.9. The van der Waals surface area contributed by atoms with Crippen molar-refractivity contribution in [3.8, 4) is 11.5 Å². The molecule has 0 spiro atoms. The Morgan fingerprint density at radius 2 is 1.70 bits per heavy atom. The summed E-state index contributed by atoms with van der Waals surface area (Å²) in [7, 11) is 0. The number of carbonyl (C=O) groups excluding carboxylic acids is 2. The normalized spacial score (nSPS) is 11.9. The van der Waals surface area contributed by atoms with Crippen LogP contribution in [0.15, 0.2) is 76.3 Å². The van der Waals surface area contributed by atoms with Crippen LogP contribution in [0.3, 0.4) is 0 Å². The Morgan fingerprint density at radius 3 is 2.49 bits per heavy atom. The first-order chi connectivity index (χ1) is 17.9. The Bertz CT molecular complexity index is 1620. The van der Waals surface area contributed by atoms with Crippen LogP contribution >= 0.6 is 0 Å². The number of hydrogen-bond acceptors (Lipinski definition) is 7. The summed E-state index contributed by atoms with van der Waals surface area (Å²) in [6.07, 6.45) is 0. The van der Waals surface area contributed by atoms with Crippen LogP contribution in [0.2, 0.25) is 0 Å². The van der Waals surface area contributed by atoms with E-state index in [1.54, 1.807) is 36.4 Å². The van der Waals surface area contributed by atoms with Crippen molar-refractivity contribution in [1.82, 2.24) is 14.5 Å². The largest absolute Gasteiger partial charge is 0.454 e. The monoisotopic (exact) mass is 501 g/mol. The number of carbonyl (C=O) groups is 2. The summed E-state index contributed by atoms with van der Waals surface area (Å²) in [4.78, 5) is 51.0. The molecule has 5 rings (SSSR count). The molecule has 10 nitrogen and oxygen atoms in total. The van der Waals surface area contributed by atoms with E-state index in [1.165, 1.54) is 29.7 Å². The van der Waals surface area contributed by atoms with Crippen molar-refractivity contribution in [2.45, 2.75) is 26.7 Å². The smallest absolute Gasteiger partial charge is 0.334 e. The molecule has 1 N–H and O–H groups in total. The fourth-order valence-corrected chi connectivity index (χ4v) is 4.09. The molecule has 3 aromatic carbocycles. The number of rotatable bonds is 7. The first-order valence-corrected chi connectivity index (χ1v) is 11.5. The van der Waals surface area contributed by atoms with Crippen LogP contribution in [0.1, 0.15) is 28.4 Å². The molecule has 1 aliphatic rings. The summed E-state index contributed by atoms with van der Waals surface area (Å²) in [6.45, 7) is 1.28. The van der Waals surface area contributed by atoms with Gasteiger partial charge < -0.3 is 19.5 Å². The number of fused-ring (bicyclic) bond motifs is 2. The van der Waals surface area contributed by atoms with E-state index in [0.717, 1.165) is 15.7 Å². The highest BCUT2D eigenvalue weighted by Crippen LogP contribution is 2.32. The molecule has 0 aliphatic carbocycles. The molecule has 1 aliphatic heterocycles. The molecule has 0 radical (unpaired) electrons. The molecule has 0 unspecified atom stereocenters. The summed E-state index contributed by atoms with van der Waals surface area (Å²) < 4.78 is 18.0. The lowest BCUT2D eigenvalue weighted by Crippen LogP contribution is -2.41. The average molecular weight is 501 g/mol. The van der Waals surface area contributed by atoms with Crippen molar-refractivity contribution in [2.24, 2.45) is 0 Å². The van der Waals surface area contributed by atoms with Gasteiger partial charge in [0.25, 0.3) is 11.5 Å². The lowest BCUT2D eigenvalue weighted by atomic mass is 10.1. The zero-order valence-electron chi connectivity index (χ0n) is 19.9. The Labute approximate surface area is 210 Å². The SMILES string of the molecule is CC(=O)OCn1c(=O)n(Cc2ccccc2)c(=O)c2cc(C(=O)NCc3ccc4c(c3)OCO4)ccc21. The van der Waals surface area contributed by atoms with Crippen molar-refractivity contribution in [3.63, 3.8) is 0 Å². The van der Waals surface area contributed by atoms with Crippen LogP contribution < -0.4 is 26.0 Å². The van der Waals surface area contributed by atoms with E-state index in [0.29, 0.717) is 11.5 Å². The molecule has 1 amide bonds. The van der Waals surface area contributed by atoms with Crippen molar-refractivity contribution in [3.05, 3.63) is 104 Å². The maximum atomic E-state index is 13.4. The molecule has 0 atom stereocenters. The molecule has 188 valence electrons. The first-order valence-electron chi connectivity index (χ1n) is 11.5. The summed E-state index contributed by atoms with van der Waals surface area (Å²) in [5.74, 6) is 0.296. The van der Waals surface area contributed by atoms with Gasteiger partial charge in [-0.05, 0) is 41.5 Å². The number of nitrogens with one attached hydrogen (secondary N) is 1. The molecular formula is C27H23N3O7. The summed E-state index contributed by atoms with van der Waals surface area (Å²) in [6, 6.07) is 18.9. The Balaban J connectivity index is 1.48. The van der Waals surface area contributed by atoms with E-state index in [-0.39, 0.29) is 43.1 Å². The summed E-state index contributed by atoms with van der Waals surface area (Å²) in [5.41, 5.74) is 0.898. The fourth-order valence-electron chi connectivity index (χ4n) is 4.09.